The first-order chi connectivity index (χ1) is 11.0. The summed E-state index contributed by atoms with van der Waals surface area (Å²) in [6.45, 7) is 5.11. The second-order valence-corrected chi connectivity index (χ2v) is 8.21. The largest absolute Gasteiger partial charge is 0.376 e. The second kappa shape index (κ2) is 6.72. The normalized spacial score (nSPS) is 27.1. The van der Waals surface area contributed by atoms with E-state index < -0.39 is 15.6 Å². The van der Waals surface area contributed by atoms with Gasteiger partial charge in [0.2, 0.25) is 10.0 Å². The van der Waals surface area contributed by atoms with Crippen LogP contribution in [0.4, 0.5) is 5.69 Å². The van der Waals surface area contributed by atoms with Crippen molar-refractivity contribution in [2.45, 2.75) is 12.5 Å². The van der Waals surface area contributed by atoms with Gasteiger partial charge in [-0.25, -0.2) is 8.42 Å². The van der Waals surface area contributed by atoms with Crippen molar-refractivity contribution in [3.8, 4) is 0 Å². The Bertz CT molecular complexity index is 625. The number of ether oxygens (including phenoxy) is 2. The van der Waals surface area contributed by atoms with Gasteiger partial charge in [-0.1, -0.05) is 0 Å². The highest BCUT2D eigenvalue weighted by atomic mass is 32.2. The molecule has 0 unspecified atom stereocenters. The number of hydrogen-bond donors (Lipinski definition) is 0. The molecule has 0 N–H and O–H groups in total. The number of aromatic nitrogens is 1. The highest BCUT2D eigenvalue weighted by molar-refractivity contribution is 7.89. The highest BCUT2D eigenvalue weighted by Crippen LogP contribution is 2.26. The third-order valence-electron chi connectivity index (χ3n) is 4.33. The number of sulfonamides is 1. The zero-order valence-electron chi connectivity index (χ0n) is 13.3. The van der Waals surface area contributed by atoms with E-state index in [0.29, 0.717) is 39.5 Å². The Labute approximate surface area is 137 Å². The van der Waals surface area contributed by atoms with Gasteiger partial charge in [-0.05, 0) is 19.1 Å². The van der Waals surface area contributed by atoms with Crippen LogP contribution in [0, 0.1) is 0 Å². The van der Waals surface area contributed by atoms with Crippen molar-refractivity contribution < 1.29 is 17.9 Å². The fourth-order valence-corrected chi connectivity index (χ4v) is 4.23. The summed E-state index contributed by atoms with van der Waals surface area (Å²) in [7, 11) is -3.22. The molecule has 0 aromatic carbocycles. The molecule has 0 amide bonds. The van der Waals surface area contributed by atoms with Crippen LogP contribution in [0.1, 0.15) is 6.92 Å². The molecule has 0 aliphatic carbocycles. The molecule has 0 saturated carbocycles. The lowest BCUT2D eigenvalue weighted by atomic mass is 10.0. The third-order valence-corrected chi connectivity index (χ3v) is 6.16. The first kappa shape index (κ1) is 16.6. The molecule has 2 saturated heterocycles. The van der Waals surface area contributed by atoms with Gasteiger partial charge in [0, 0.05) is 25.8 Å². The Morgan fingerprint density at radius 2 is 2.17 bits per heavy atom. The van der Waals surface area contributed by atoms with Gasteiger partial charge in [0.1, 0.15) is 5.60 Å². The summed E-state index contributed by atoms with van der Waals surface area (Å²) in [4.78, 5) is 6.32. The van der Waals surface area contributed by atoms with Crippen molar-refractivity contribution in [2.24, 2.45) is 0 Å². The smallest absolute Gasteiger partial charge is 0.214 e. The summed E-state index contributed by atoms with van der Waals surface area (Å²) < 4.78 is 37.7. The molecule has 1 atom stereocenters. The van der Waals surface area contributed by atoms with Gasteiger partial charge >= 0.3 is 0 Å². The van der Waals surface area contributed by atoms with Gasteiger partial charge in [0.05, 0.1) is 44.0 Å². The first-order valence-corrected chi connectivity index (χ1v) is 9.50. The standard InChI is InChI=1S/C15H23N3O4S/c1-2-23(19,20)18-7-9-22-15(12-18)11-17(6-8-21-13-15)14-4-3-5-16-10-14/h3-5,10H,2,6-9,11-13H2,1H3/t15-/m1/s1. The molecule has 0 radical (unpaired) electrons. The average Bonchev–Trinajstić information content (AvgIpc) is 2.78. The minimum absolute atomic E-state index is 0.107. The van der Waals surface area contributed by atoms with Gasteiger partial charge in [-0.2, -0.15) is 4.31 Å². The summed E-state index contributed by atoms with van der Waals surface area (Å²) >= 11 is 0. The third kappa shape index (κ3) is 3.65. The highest BCUT2D eigenvalue weighted by Gasteiger charge is 2.43. The monoisotopic (exact) mass is 341 g/mol. The number of pyridine rings is 1. The molecular formula is C15H23N3O4S. The maximum Gasteiger partial charge on any atom is 0.214 e. The number of hydrogen-bond acceptors (Lipinski definition) is 6. The van der Waals surface area contributed by atoms with Crippen LogP contribution in [0.15, 0.2) is 24.5 Å². The number of morpholine rings is 1. The molecule has 23 heavy (non-hydrogen) atoms. The van der Waals surface area contributed by atoms with Crippen molar-refractivity contribution in [3.63, 3.8) is 0 Å². The van der Waals surface area contributed by atoms with E-state index in [-0.39, 0.29) is 5.75 Å². The van der Waals surface area contributed by atoms with Gasteiger partial charge in [-0.3, -0.25) is 4.98 Å². The van der Waals surface area contributed by atoms with E-state index in [9.17, 15) is 8.42 Å². The molecule has 0 bridgehead atoms. The summed E-state index contributed by atoms with van der Waals surface area (Å²) in [5, 5.41) is 0. The van der Waals surface area contributed by atoms with Crippen molar-refractivity contribution in [2.75, 3.05) is 56.7 Å². The van der Waals surface area contributed by atoms with E-state index in [4.69, 9.17) is 9.47 Å². The molecule has 8 heteroatoms. The summed E-state index contributed by atoms with van der Waals surface area (Å²) in [6.07, 6.45) is 3.54. The molecular weight excluding hydrogens is 318 g/mol. The quantitative estimate of drug-likeness (QED) is 0.789. The van der Waals surface area contributed by atoms with Gasteiger partial charge in [0.25, 0.3) is 0 Å². The lowest BCUT2D eigenvalue weighted by molar-refractivity contribution is -0.116. The van der Waals surface area contributed by atoms with E-state index in [1.54, 1.807) is 13.1 Å². The topological polar surface area (TPSA) is 72.0 Å². The van der Waals surface area contributed by atoms with Gasteiger partial charge in [-0.15, -0.1) is 0 Å². The molecule has 1 spiro atoms. The molecule has 128 valence electrons. The predicted octanol–water partition coefficient (Wildman–Crippen LogP) is 0.339. The van der Waals surface area contributed by atoms with Crippen molar-refractivity contribution >= 4 is 15.7 Å². The maximum atomic E-state index is 12.2. The minimum Gasteiger partial charge on any atom is -0.376 e. The predicted molar refractivity (Wildman–Crippen MR) is 87.0 cm³/mol. The lowest BCUT2D eigenvalue weighted by Crippen LogP contribution is -2.60. The maximum absolute atomic E-state index is 12.2. The molecule has 1 aromatic heterocycles. The van der Waals surface area contributed by atoms with Crippen LogP contribution in [-0.4, -0.2) is 75.1 Å². The average molecular weight is 341 g/mol. The molecule has 1 aromatic rings. The molecule has 7 nitrogen and oxygen atoms in total. The molecule has 2 aliphatic rings. The van der Waals surface area contributed by atoms with Crippen molar-refractivity contribution in [1.82, 2.24) is 9.29 Å². The Hall–Kier alpha value is -1.22. The zero-order valence-corrected chi connectivity index (χ0v) is 14.2. The fraction of sp³-hybridized carbons (Fsp3) is 0.667. The molecule has 3 rings (SSSR count). The van der Waals surface area contributed by atoms with Crippen LogP contribution in [0.3, 0.4) is 0 Å². The Morgan fingerprint density at radius 1 is 1.30 bits per heavy atom. The van der Waals surface area contributed by atoms with Crippen molar-refractivity contribution in [1.29, 1.82) is 0 Å². The lowest BCUT2D eigenvalue weighted by Gasteiger charge is -2.43. The zero-order chi connectivity index (χ0) is 16.3. The van der Waals surface area contributed by atoms with Crippen LogP contribution in [0.25, 0.3) is 0 Å². The van der Waals surface area contributed by atoms with E-state index in [2.05, 4.69) is 9.88 Å². The molecule has 3 heterocycles. The van der Waals surface area contributed by atoms with Crippen LogP contribution < -0.4 is 4.90 Å². The van der Waals surface area contributed by atoms with Crippen LogP contribution >= 0.6 is 0 Å². The fourth-order valence-electron chi connectivity index (χ4n) is 3.08. The Balaban J connectivity index is 1.82. The van der Waals surface area contributed by atoms with E-state index in [1.807, 2.05) is 18.3 Å². The van der Waals surface area contributed by atoms with Gasteiger partial charge in [0.15, 0.2) is 0 Å². The first-order valence-electron chi connectivity index (χ1n) is 7.89. The molecule has 2 aliphatic heterocycles. The Morgan fingerprint density at radius 3 is 2.91 bits per heavy atom. The number of anilines is 1. The van der Waals surface area contributed by atoms with Crippen LogP contribution in [0.5, 0.6) is 0 Å². The van der Waals surface area contributed by atoms with Crippen LogP contribution in [-0.2, 0) is 19.5 Å². The number of nitrogens with zero attached hydrogens (tertiary/aromatic N) is 3. The minimum atomic E-state index is -3.22. The van der Waals surface area contributed by atoms with E-state index in [1.165, 1.54) is 4.31 Å². The summed E-state index contributed by atoms with van der Waals surface area (Å²) in [5.41, 5.74) is 0.365. The van der Waals surface area contributed by atoms with E-state index >= 15 is 0 Å². The number of rotatable bonds is 3. The second-order valence-electron chi connectivity index (χ2n) is 5.95. The van der Waals surface area contributed by atoms with E-state index in [0.717, 1.165) is 12.2 Å². The summed E-state index contributed by atoms with van der Waals surface area (Å²) in [6, 6.07) is 3.89. The van der Waals surface area contributed by atoms with Gasteiger partial charge < -0.3 is 14.4 Å². The SMILES string of the molecule is CCS(=O)(=O)N1CCO[C@@]2(COCCN(c3cccnc3)C2)C1. The van der Waals surface area contributed by atoms with Crippen LogP contribution in [0.2, 0.25) is 0 Å². The van der Waals surface area contributed by atoms with Crippen molar-refractivity contribution in [3.05, 3.63) is 24.5 Å². The Kier molecular flexibility index (Phi) is 4.86. The summed E-state index contributed by atoms with van der Waals surface area (Å²) in [5.74, 6) is 0.107. The molecule has 2 fully saturated rings.